The van der Waals surface area contributed by atoms with Crippen LogP contribution in [0.4, 0.5) is 0 Å². The number of ether oxygens (including phenoxy) is 1. The lowest BCUT2D eigenvalue weighted by Gasteiger charge is -2.33. The minimum Gasteiger partial charge on any atom is -0.366 e. The molecule has 1 amide bonds. The third kappa shape index (κ3) is 6.20. The van der Waals surface area contributed by atoms with Gasteiger partial charge in [0.05, 0.1) is 6.61 Å². The summed E-state index contributed by atoms with van der Waals surface area (Å²) in [6, 6.07) is 0. The first kappa shape index (κ1) is 20.3. The molecule has 1 saturated heterocycles. The van der Waals surface area contributed by atoms with Crippen molar-refractivity contribution >= 4 is 30.7 Å². The van der Waals surface area contributed by atoms with Crippen molar-refractivity contribution in [3.63, 3.8) is 0 Å². The van der Waals surface area contributed by atoms with Crippen LogP contribution in [0.15, 0.2) is 0 Å². The number of hydrogen-bond donors (Lipinski definition) is 1. The van der Waals surface area contributed by atoms with Gasteiger partial charge in [-0.05, 0) is 13.6 Å². The van der Waals surface area contributed by atoms with E-state index in [1.165, 1.54) is 0 Å². The average Bonchev–Trinajstić information content (AvgIpc) is 2.35. The Hall–Kier alpha value is -0.0700. The van der Waals surface area contributed by atoms with Crippen molar-refractivity contribution in [3.8, 4) is 0 Å². The summed E-state index contributed by atoms with van der Waals surface area (Å²) in [6.45, 7) is 6.93. The third-order valence-corrected chi connectivity index (χ3v) is 2.95. The maximum Gasteiger partial charge on any atom is 0.252 e. The number of likely N-dealkylation sites (N-methyl/N-ethyl adjacent to an activating group) is 3. The van der Waals surface area contributed by atoms with Gasteiger partial charge in [-0.2, -0.15) is 0 Å². The maximum absolute atomic E-state index is 12.0. The lowest BCUT2D eigenvalue weighted by atomic mass is 10.2. The summed E-state index contributed by atoms with van der Waals surface area (Å²) in [4.78, 5) is 16.0. The van der Waals surface area contributed by atoms with Crippen LogP contribution in [0, 0.1) is 0 Å². The Morgan fingerprint density at radius 2 is 2.17 bits per heavy atom. The molecular formula is C11H25Cl2N3O2. The highest BCUT2D eigenvalue weighted by molar-refractivity contribution is 5.85. The van der Waals surface area contributed by atoms with Crippen molar-refractivity contribution in [1.29, 1.82) is 0 Å². The molecule has 1 N–H and O–H groups in total. The van der Waals surface area contributed by atoms with Gasteiger partial charge in [0.25, 0.3) is 5.91 Å². The van der Waals surface area contributed by atoms with Gasteiger partial charge in [-0.25, -0.2) is 0 Å². The Balaban J connectivity index is 0. The number of rotatable bonds is 5. The van der Waals surface area contributed by atoms with Crippen molar-refractivity contribution in [3.05, 3.63) is 0 Å². The Labute approximate surface area is 122 Å². The first-order chi connectivity index (χ1) is 7.69. The van der Waals surface area contributed by atoms with E-state index in [0.29, 0.717) is 6.61 Å². The molecule has 1 fully saturated rings. The van der Waals surface area contributed by atoms with Crippen molar-refractivity contribution < 1.29 is 9.53 Å². The van der Waals surface area contributed by atoms with Gasteiger partial charge in [0.1, 0.15) is 6.10 Å². The van der Waals surface area contributed by atoms with E-state index in [4.69, 9.17) is 4.74 Å². The molecule has 0 spiro atoms. The number of carbonyl (C=O) groups is 1. The molecule has 1 rings (SSSR count). The van der Waals surface area contributed by atoms with Gasteiger partial charge in [0, 0.05) is 33.2 Å². The van der Waals surface area contributed by atoms with E-state index >= 15 is 0 Å². The predicted molar refractivity (Wildman–Crippen MR) is 77.9 cm³/mol. The van der Waals surface area contributed by atoms with Crippen molar-refractivity contribution in [2.75, 3.05) is 53.4 Å². The fraction of sp³-hybridized carbons (Fsp3) is 0.909. The molecule has 5 nitrogen and oxygen atoms in total. The van der Waals surface area contributed by atoms with Gasteiger partial charge >= 0.3 is 0 Å². The molecule has 18 heavy (non-hydrogen) atoms. The Kier molecular flexibility index (Phi) is 12.2. The molecule has 110 valence electrons. The van der Waals surface area contributed by atoms with Crippen LogP contribution in [0.25, 0.3) is 0 Å². The molecule has 0 aliphatic carbocycles. The van der Waals surface area contributed by atoms with Crippen LogP contribution in [0.1, 0.15) is 6.92 Å². The average molecular weight is 302 g/mol. The molecule has 1 aliphatic rings. The summed E-state index contributed by atoms with van der Waals surface area (Å²) in [5, 5.41) is 3.03. The standard InChI is InChI=1S/C11H23N3O2.2ClH/c1-4-14-7-8-16-10(9-14)11(15)13(3)6-5-12-2;;/h10,12H,4-9H2,1-3H3;2*1H. The quantitative estimate of drug-likeness (QED) is 0.789. The van der Waals surface area contributed by atoms with Gasteiger partial charge in [-0.1, -0.05) is 6.92 Å². The normalized spacial score (nSPS) is 19.6. The van der Waals surface area contributed by atoms with E-state index in [1.807, 2.05) is 14.1 Å². The summed E-state index contributed by atoms with van der Waals surface area (Å²) in [6.07, 6.45) is -0.282. The summed E-state index contributed by atoms with van der Waals surface area (Å²) < 4.78 is 5.52. The van der Waals surface area contributed by atoms with Crippen LogP contribution >= 0.6 is 24.8 Å². The van der Waals surface area contributed by atoms with E-state index < -0.39 is 0 Å². The molecule has 0 radical (unpaired) electrons. The minimum absolute atomic E-state index is 0. The number of nitrogens with one attached hydrogen (secondary N) is 1. The molecule has 1 atom stereocenters. The lowest BCUT2D eigenvalue weighted by Crippen LogP contribution is -2.50. The van der Waals surface area contributed by atoms with Crippen molar-refractivity contribution in [2.24, 2.45) is 0 Å². The van der Waals surface area contributed by atoms with Crippen molar-refractivity contribution in [1.82, 2.24) is 15.1 Å². The zero-order valence-electron chi connectivity index (χ0n) is 11.3. The SMILES string of the molecule is CCN1CCOC(C(=O)N(C)CCNC)C1.Cl.Cl. The van der Waals surface area contributed by atoms with Crippen LogP contribution in [-0.4, -0.2) is 75.2 Å². The van der Waals surface area contributed by atoms with Gasteiger partial charge < -0.3 is 15.0 Å². The summed E-state index contributed by atoms with van der Waals surface area (Å²) >= 11 is 0. The Morgan fingerprint density at radius 3 is 2.72 bits per heavy atom. The molecule has 0 aromatic heterocycles. The maximum atomic E-state index is 12.0. The molecule has 1 heterocycles. The number of hydrogen-bond acceptors (Lipinski definition) is 4. The Bertz CT molecular complexity index is 232. The zero-order valence-corrected chi connectivity index (χ0v) is 13.0. The van der Waals surface area contributed by atoms with E-state index in [0.717, 1.165) is 32.7 Å². The third-order valence-electron chi connectivity index (χ3n) is 2.95. The highest BCUT2D eigenvalue weighted by atomic mass is 35.5. The predicted octanol–water partition coefficient (Wildman–Crippen LogP) is 0.229. The van der Waals surface area contributed by atoms with Crippen LogP contribution in [0.2, 0.25) is 0 Å². The van der Waals surface area contributed by atoms with E-state index in [1.54, 1.807) is 4.90 Å². The number of morpholine rings is 1. The highest BCUT2D eigenvalue weighted by Gasteiger charge is 2.27. The smallest absolute Gasteiger partial charge is 0.252 e. The minimum atomic E-state index is -0.282. The molecule has 0 bridgehead atoms. The van der Waals surface area contributed by atoms with Gasteiger partial charge in [0.15, 0.2) is 0 Å². The number of nitrogens with zero attached hydrogens (tertiary/aromatic N) is 2. The number of carbonyl (C=O) groups excluding carboxylic acids is 1. The van der Waals surface area contributed by atoms with Gasteiger partial charge in [-0.3, -0.25) is 9.69 Å². The number of amides is 1. The molecule has 1 unspecified atom stereocenters. The fourth-order valence-corrected chi connectivity index (χ4v) is 1.77. The highest BCUT2D eigenvalue weighted by Crippen LogP contribution is 2.07. The Morgan fingerprint density at radius 1 is 1.50 bits per heavy atom. The van der Waals surface area contributed by atoms with Crippen LogP contribution < -0.4 is 5.32 Å². The van der Waals surface area contributed by atoms with Gasteiger partial charge in [0.2, 0.25) is 0 Å². The monoisotopic (exact) mass is 301 g/mol. The molecule has 0 aromatic rings. The first-order valence-corrected chi connectivity index (χ1v) is 5.92. The molecular weight excluding hydrogens is 277 g/mol. The van der Waals surface area contributed by atoms with E-state index in [2.05, 4.69) is 17.1 Å². The summed E-state index contributed by atoms with van der Waals surface area (Å²) in [5.74, 6) is 0.0911. The van der Waals surface area contributed by atoms with E-state index in [-0.39, 0.29) is 36.8 Å². The van der Waals surface area contributed by atoms with Gasteiger partial charge in [-0.15, -0.1) is 24.8 Å². The van der Waals surface area contributed by atoms with Crippen LogP contribution in [0.5, 0.6) is 0 Å². The molecule has 0 saturated carbocycles. The molecule has 0 aromatic carbocycles. The summed E-state index contributed by atoms with van der Waals surface area (Å²) in [7, 11) is 3.71. The van der Waals surface area contributed by atoms with Crippen LogP contribution in [0.3, 0.4) is 0 Å². The fourth-order valence-electron chi connectivity index (χ4n) is 1.77. The first-order valence-electron chi connectivity index (χ1n) is 5.92. The second-order valence-electron chi connectivity index (χ2n) is 4.12. The second kappa shape index (κ2) is 10.8. The number of halogens is 2. The second-order valence-corrected chi connectivity index (χ2v) is 4.12. The molecule has 7 heteroatoms. The van der Waals surface area contributed by atoms with E-state index in [9.17, 15) is 4.79 Å². The lowest BCUT2D eigenvalue weighted by molar-refractivity contribution is -0.147. The van der Waals surface area contributed by atoms with Crippen molar-refractivity contribution in [2.45, 2.75) is 13.0 Å². The zero-order chi connectivity index (χ0) is 12.0. The largest absolute Gasteiger partial charge is 0.366 e. The topological polar surface area (TPSA) is 44.8 Å². The molecule has 1 aliphatic heterocycles. The summed E-state index contributed by atoms with van der Waals surface area (Å²) in [5.41, 5.74) is 0. The van der Waals surface area contributed by atoms with Crippen LogP contribution in [-0.2, 0) is 9.53 Å².